The maximum atomic E-state index is 11.8. The summed E-state index contributed by atoms with van der Waals surface area (Å²) in [6.07, 6.45) is 0. The second-order valence-corrected chi connectivity index (χ2v) is 5.32. The van der Waals surface area contributed by atoms with Crippen molar-refractivity contribution in [3.63, 3.8) is 0 Å². The van der Waals surface area contributed by atoms with Crippen LogP contribution in [0.1, 0.15) is 11.1 Å². The summed E-state index contributed by atoms with van der Waals surface area (Å²) < 4.78 is 0. The van der Waals surface area contributed by atoms with Gasteiger partial charge in [0.1, 0.15) is 0 Å². The average Bonchev–Trinajstić information content (AvgIpc) is 2.42. The lowest BCUT2D eigenvalue weighted by molar-refractivity contribution is -0.113. The van der Waals surface area contributed by atoms with E-state index < -0.39 is 0 Å². The number of carbonyl (C=O) groups is 1. The van der Waals surface area contributed by atoms with E-state index in [4.69, 9.17) is 0 Å². The van der Waals surface area contributed by atoms with E-state index in [0.29, 0.717) is 5.75 Å². The third-order valence-electron chi connectivity index (χ3n) is 2.81. The molecular weight excluding hydrogens is 254 g/mol. The SMILES string of the molecule is Cc1ccccc1CSCC(=O)Nc1ccccc1. The van der Waals surface area contributed by atoms with Crippen LogP contribution in [0.15, 0.2) is 54.6 Å². The Morgan fingerprint density at radius 1 is 1.05 bits per heavy atom. The number of carbonyl (C=O) groups excluding carboxylic acids is 1. The molecule has 2 aromatic rings. The maximum Gasteiger partial charge on any atom is 0.234 e. The standard InChI is InChI=1S/C16H17NOS/c1-13-7-5-6-8-14(13)11-19-12-16(18)17-15-9-3-2-4-10-15/h2-10H,11-12H2,1H3,(H,17,18). The monoisotopic (exact) mass is 271 g/mol. The lowest BCUT2D eigenvalue weighted by Gasteiger charge is -2.06. The van der Waals surface area contributed by atoms with Crippen molar-refractivity contribution in [2.45, 2.75) is 12.7 Å². The molecule has 0 aromatic heterocycles. The van der Waals surface area contributed by atoms with Crippen LogP contribution in [0.2, 0.25) is 0 Å². The molecule has 0 spiro atoms. The number of para-hydroxylation sites is 1. The Morgan fingerprint density at radius 2 is 1.74 bits per heavy atom. The summed E-state index contributed by atoms with van der Waals surface area (Å²) >= 11 is 1.64. The second kappa shape index (κ2) is 7.00. The van der Waals surface area contributed by atoms with Crippen LogP contribution in [0.5, 0.6) is 0 Å². The molecule has 2 aromatic carbocycles. The van der Waals surface area contributed by atoms with Gasteiger partial charge in [-0.1, -0.05) is 42.5 Å². The fraction of sp³-hybridized carbons (Fsp3) is 0.188. The first-order chi connectivity index (χ1) is 9.25. The Morgan fingerprint density at radius 3 is 2.47 bits per heavy atom. The normalized spacial score (nSPS) is 10.2. The average molecular weight is 271 g/mol. The summed E-state index contributed by atoms with van der Waals surface area (Å²) in [5.41, 5.74) is 3.42. The van der Waals surface area contributed by atoms with Gasteiger partial charge in [-0.25, -0.2) is 0 Å². The predicted octanol–water partition coefficient (Wildman–Crippen LogP) is 3.87. The third kappa shape index (κ3) is 4.45. The van der Waals surface area contributed by atoms with Gasteiger partial charge in [0.25, 0.3) is 0 Å². The van der Waals surface area contributed by atoms with E-state index in [1.54, 1.807) is 11.8 Å². The van der Waals surface area contributed by atoms with Crippen molar-refractivity contribution in [2.24, 2.45) is 0 Å². The minimum Gasteiger partial charge on any atom is -0.325 e. The van der Waals surface area contributed by atoms with Crippen molar-refractivity contribution in [1.29, 1.82) is 0 Å². The summed E-state index contributed by atoms with van der Waals surface area (Å²) in [5, 5.41) is 2.88. The molecule has 98 valence electrons. The van der Waals surface area contributed by atoms with E-state index >= 15 is 0 Å². The third-order valence-corrected chi connectivity index (χ3v) is 3.79. The summed E-state index contributed by atoms with van der Waals surface area (Å²) in [6.45, 7) is 2.10. The zero-order chi connectivity index (χ0) is 13.5. The maximum absolute atomic E-state index is 11.8. The molecule has 2 rings (SSSR count). The first-order valence-electron chi connectivity index (χ1n) is 6.23. The summed E-state index contributed by atoms with van der Waals surface area (Å²) in [7, 11) is 0. The minimum atomic E-state index is 0.0461. The number of hydrogen-bond donors (Lipinski definition) is 1. The summed E-state index contributed by atoms with van der Waals surface area (Å²) in [4.78, 5) is 11.8. The number of anilines is 1. The number of amides is 1. The fourth-order valence-corrected chi connectivity index (χ4v) is 2.65. The highest BCUT2D eigenvalue weighted by atomic mass is 32.2. The largest absolute Gasteiger partial charge is 0.325 e. The van der Waals surface area contributed by atoms with E-state index in [9.17, 15) is 4.79 Å². The van der Waals surface area contributed by atoms with E-state index in [1.165, 1.54) is 11.1 Å². The first-order valence-corrected chi connectivity index (χ1v) is 7.38. The van der Waals surface area contributed by atoms with E-state index in [0.717, 1.165) is 11.4 Å². The van der Waals surface area contributed by atoms with E-state index in [1.807, 2.05) is 42.5 Å². The fourth-order valence-electron chi connectivity index (χ4n) is 1.74. The summed E-state index contributed by atoms with van der Waals surface area (Å²) in [6, 6.07) is 17.8. The summed E-state index contributed by atoms with van der Waals surface area (Å²) in [5.74, 6) is 1.39. The molecule has 0 radical (unpaired) electrons. The molecule has 0 bridgehead atoms. The number of thioether (sulfide) groups is 1. The van der Waals surface area contributed by atoms with Crippen LogP contribution in [0, 0.1) is 6.92 Å². The van der Waals surface area contributed by atoms with Gasteiger partial charge in [-0.2, -0.15) is 0 Å². The van der Waals surface area contributed by atoms with Crippen LogP contribution >= 0.6 is 11.8 Å². The van der Waals surface area contributed by atoms with Gasteiger partial charge in [0.15, 0.2) is 0 Å². The number of benzene rings is 2. The van der Waals surface area contributed by atoms with Gasteiger partial charge < -0.3 is 5.32 Å². The van der Waals surface area contributed by atoms with Crippen molar-refractivity contribution < 1.29 is 4.79 Å². The van der Waals surface area contributed by atoms with Gasteiger partial charge in [-0.15, -0.1) is 11.8 Å². The molecule has 19 heavy (non-hydrogen) atoms. The molecule has 0 saturated carbocycles. The van der Waals surface area contributed by atoms with Gasteiger partial charge in [0, 0.05) is 11.4 Å². The lowest BCUT2D eigenvalue weighted by Crippen LogP contribution is -2.14. The molecule has 0 atom stereocenters. The number of hydrogen-bond acceptors (Lipinski definition) is 2. The van der Waals surface area contributed by atoms with Crippen LogP contribution in [0.3, 0.4) is 0 Å². The molecule has 1 amide bonds. The van der Waals surface area contributed by atoms with Crippen LogP contribution in [-0.4, -0.2) is 11.7 Å². The Labute approximate surface area is 118 Å². The number of rotatable bonds is 5. The molecule has 0 saturated heterocycles. The van der Waals surface area contributed by atoms with Crippen molar-refractivity contribution in [1.82, 2.24) is 0 Å². The minimum absolute atomic E-state index is 0.0461. The van der Waals surface area contributed by atoms with Crippen LogP contribution < -0.4 is 5.32 Å². The molecular formula is C16H17NOS. The smallest absolute Gasteiger partial charge is 0.234 e. The Hall–Kier alpha value is -1.74. The van der Waals surface area contributed by atoms with Gasteiger partial charge in [-0.3, -0.25) is 4.79 Å². The van der Waals surface area contributed by atoms with Crippen LogP contribution in [0.4, 0.5) is 5.69 Å². The second-order valence-electron chi connectivity index (χ2n) is 4.33. The van der Waals surface area contributed by atoms with Gasteiger partial charge in [-0.05, 0) is 30.2 Å². The van der Waals surface area contributed by atoms with E-state index in [-0.39, 0.29) is 5.91 Å². The molecule has 0 fully saturated rings. The van der Waals surface area contributed by atoms with Gasteiger partial charge >= 0.3 is 0 Å². The molecule has 0 aliphatic carbocycles. The zero-order valence-corrected chi connectivity index (χ0v) is 11.7. The topological polar surface area (TPSA) is 29.1 Å². The molecule has 3 heteroatoms. The molecule has 0 aliphatic rings. The van der Waals surface area contributed by atoms with Gasteiger partial charge in [0.05, 0.1) is 5.75 Å². The Kier molecular flexibility index (Phi) is 5.04. The van der Waals surface area contributed by atoms with Gasteiger partial charge in [0.2, 0.25) is 5.91 Å². The highest BCUT2D eigenvalue weighted by Crippen LogP contribution is 2.16. The Bertz CT molecular complexity index is 539. The van der Waals surface area contributed by atoms with Crippen LogP contribution in [0.25, 0.3) is 0 Å². The quantitative estimate of drug-likeness (QED) is 0.894. The zero-order valence-electron chi connectivity index (χ0n) is 10.9. The molecule has 2 nitrogen and oxygen atoms in total. The first kappa shape index (κ1) is 13.7. The Balaban J connectivity index is 1.77. The van der Waals surface area contributed by atoms with Crippen molar-refractivity contribution in [3.05, 3.63) is 65.7 Å². The van der Waals surface area contributed by atoms with Crippen LogP contribution in [-0.2, 0) is 10.5 Å². The molecule has 0 heterocycles. The highest BCUT2D eigenvalue weighted by molar-refractivity contribution is 7.99. The van der Waals surface area contributed by atoms with Crippen molar-refractivity contribution >= 4 is 23.4 Å². The predicted molar refractivity (Wildman–Crippen MR) is 82.4 cm³/mol. The molecule has 1 N–H and O–H groups in total. The highest BCUT2D eigenvalue weighted by Gasteiger charge is 2.03. The molecule has 0 aliphatic heterocycles. The van der Waals surface area contributed by atoms with E-state index in [2.05, 4.69) is 24.4 Å². The van der Waals surface area contributed by atoms with Crippen molar-refractivity contribution in [2.75, 3.05) is 11.1 Å². The molecule has 0 unspecified atom stereocenters. The number of nitrogens with one attached hydrogen (secondary N) is 1. The van der Waals surface area contributed by atoms with Crippen molar-refractivity contribution in [3.8, 4) is 0 Å². The number of aryl methyl sites for hydroxylation is 1. The lowest BCUT2D eigenvalue weighted by atomic mass is 10.1.